The summed E-state index contributed by atoms with van der Waals surface area (Å²) in [7, 11) is 4.31. The zero-order valence-corrected chi connectivity index (χ0v) is 11.3. The van der Waals surface area contributed by atoms with Crippen LogP contribution in [0.4, 0.5) is 0 Å². The van der Waals surface area contributed by atoms with Crippen molar-refractivity contribution in [3.63, 3.8) is 0 Å². The van der Waals surface area contributed by atoms with Crippen LogP contribution in [0.25, 0.3) is 0 Å². The van der Waals surface area contributed by atoms with Crippen LogP contribution in [0.2, 0.25) is 0 Å². The van der Waals surface area contributed by atoms with E-state index in [0.717, 1.165) is 12.5 Å². The molecule has 0 bridgehead atoms. The highest BCUT2D eigenvalue weighted by Crippen LogP contribution is 2.05. The molecule has 0 amide bonds. The molecule has 0 aromatic carbocycles. The molecule has 0 spiro atoms. The van der Waals surface area contributed by atoms with Crippen LogP contribution in [0.1, 0.15) is 46.5 Å². The third-order valence-electron chi connectivity index (χ3n) is 2.55. The number of unbranched alkanes of at least 4 members (excludes halogenated alkanes) is 2. The van der Waals surface area contributed by atoms with Gasteiger partial charge in [-0.1, -0.05) is 33.6 Å². The maximum Gasteiger partial charge on any atom is 0.0197 e. The SMILES string of the molecule is CCCCCNC(CC(C)C)CN(C)C. The number of rotatable bonds is 9. The topological polar surface area (TPSA) is 15.3 Å². The molecule has 0 aliphatic heterocycles. The summed E-state index contributed by atoms with van der Waals surface area (Å²) in [6, 6.07) is 0.664. The van der Waals surface area contributed by atoms with Gasteiger partial charge in [0.15, 0.2) is 0 Å². The van der Waals surface area contributed by atoms with E-state index in [0.29, 0.717) is 6.04 Å². The predicted octanol–water partition coefficient (Wildman–Crippen LogP) is 2.74. The van der Waals surface area contributed by atoms with Gasteiger partial charge in [-0.05, 0) is 39.4 Å². The highest BCUT2D eigenvalue weighted by atomic mass is 15.1. The third kappa shape index (κ3) is 10.2. The van der Waals surface area contributed by atoms with E-state index < -0.39 is 0 Å². The Morgan fingerprint density at radius 2 is 1.80 bits per heavy atom. The van der Waals surface area contributed by atoms with Crippen molar-refractivity contribution in [2.75, 3.05) is 27.2 Å². The second kappa shape index (κ2) is 9.17. The highest BCUT2D eigenvalue weighted by Gasteiger charge is 2.10. The number of nitrogens with one attached hydrogen (secondary N) is 1. The minimum Gasteiger partial charge on any atom is -0.313 e. The Morgan fingerprint density at radius 1 is 1.13 bits per heavy atom. The van der Waals surface area contributed by atoms with Crippen LogP contribution in [0, 0.1) is 5.92 Å². The smallest absolute Gasteiger partial charge is 0.0197 e. The predicted molar refractivity (Wildman–Crippen MR) is 69.3 cm³/mol. The van der Waals surface area contributed by atoms with E-state index in [9.17, 15) is 0 Å². The Labute approximate surface area is 96.4 Å². The van der Waals surface area contributed by atoms with Crippen molar-refractivity contribution in [1.29, 1.82) is 0 Å². The van der Waals surface area contributed by atoms with Crippen molar-refractivity contribution in [1.82, 2.24) is 10.2 Å². The lowest BCUT2D eigenvalue weighted by Crippen LogP contribution is -2.39. The average molecular weight is 214 g/mol. The van der Waals surface area contributed by atoms with E-state index in [4.69, 9.17) is 0 Å². The molecule has 0 aliphatic carbocycles. The van der Waals surface area contributed by atoms with Gasteiger partial charge in [0.2, 0.25) is 0 Å². The van der Waals surface area contributed by atoms with E-state index in [2.05, 4.69) is 45.1 Å². The summed E-state index contributed by atoms with van der Waals surface area (Å²) in [6.07, 6.45) is 5.26. The van der Waals surface area contributed by atoms with Crippen LogP contribution in [-0.4, -0.2) is 38.1 Å². The van der Waals surface area contributed by atoms with Crippen LogP contribution >= 0.6 is 0 Å². The molecule has 0 saturated heterocycles. The zero-order valence-electron chi connectivity index (χ0n) is 11.3. The van der Waals surface area contributed by atoms with Crippen LogP contribution in [0.15, 0.2) is 0 Å². The Kier molecular flexibility index (Phi) is 9.12. The lowest BCUT2D eigenvalue weighted by molar-refractivity contribution is 0.305. The van der Waals surface area contributed by atoms with Crippen LogP contribution < -0.4 is 5.32 Å². The van der Waals surface area contributed by atoms with Gasteiger partial charge >= 0.3 is 0 Å². The first-order valence-electron chi connectivity index (χ1n) is 6.44. The number of likely N-dealkylation sites (N-methyl/N-ethyl adjacent to an activating group) is 1. The minimum absolute atomic E-state index is 0.664. The summed E-state index contributed by atoms with van der Waals surface area (Å²) in [5, 5.41) is 3.68. The molecule has 15 heavy (non-hydrogen) atoms. The fraction of sp³-hybridized carbons (Fsp3) is 1.00. The molecule has 0 saturated carbocycles. The summed E-state index contributed by atoms with van der Waals surface area (Å²) in [6.45, 7) is 9.20. The molecular weight excluding hydrogens is 184 g/mol. The Bertz CT molecular complexity index is 122. The molecule has 0 radical (unpaired) electrons. The van der Waals surface area contributed by atoms with Crippen LogP contribution in [0.5, 0.6) is 0 Å². The van der Waals surface area contributed by atoms with E-state index in [-0.39, 0.29) is 0 Å². The lowest BCUT2D eigenvalue weighted by Gasteiger charge is -2.24. The van der Waals surface area contributed by atoms with Gasteiger partial charge in [0.1, 0.15) is 0 Å². The van der Waals surface area contributed by atoms with E-state index in [1.165, 1.54) is 32.2 Å². The van der Waals surface area contributed by atoms with Gasteiger partial charge < -0.3 is 10.2 Å². The average Bonchev–Trinajstić information content (AvgIpc) is 2.10. The summed E-state index contributed by atoms with van der Waals surface area (Å²) in [5.74, 6) is 0.786. The molecule has 0 fully saturated rings. The number of hydrogen-bond donors (Lipinski definition) is 1. The fourth-order valence-electron chi connectivity index (χ4n) is 1.91. The summed E-state index contributed by atoms with van der Waals surface area (Å²) in [5.41, 5.74) is 0. The van der Waals surface area contributed by atoms with Gasteiger partial charge in [-0.15, -0.1) is 0 Å². The zero-order chi connectivity index (χ0) is 11.7. The van der Waals surface area contributed by atoms with Gasteiger partial charge in [0.05, 0.1) is 0 Å². The minimum atomic E-state index is 0.664. The molecule has 92 valence electrons. The van der Waals surface area contributed by atoms with Gasteiger partial charge in [-0.2, -0.15) is 0 Å². The normalized spacial score (nSPS) is 13.8. The highest BCUT2D eigenvalue weighted by molar-refractivity contribution is 4.71. The maximum atomic E-state index is 3.68. The van der Waals surface area contributed by atoms with Crippen LogP contribution in [0.3, 0.4) is 0 Å². The molecular formula is C13H30N2. The van der Waals surface area contributed by atoms with Crippen LogP contribution in [-0.2, 0) is 0 Å². The van der Waals surface area contributed by atoms with E-state index in [1.54, 1.807) is 0 Å². The largest absolute Gasteiger partial charge is 0.313 e. The molecule has 0 aromatic rings. The van der Waals surface area contributed by atoms with Crippen molar-refractivity contribution in [2.45, 2.75) is 52.5 Å². The van der Waals surface area contributed by atoms with Crippen molar-refractivity contribution in [2.24, 2.45) is 5.92 Å². The second-order valence-corrected chi connectivity index (χ2v) is 5.25. The van der Waals surface area contributed by atoms with Crippen molar-refractivity contribution < 1.29 is 0 Å². The molecule has 0 aromatic heterocycles. The third-order valence-corrected chi connectivity index (χ3v) is 2.55. The summed E-state index contributed by atoms with van der Waals surface area (Å²) >= 11 is 0. The van der Waals surface area contributed by atoms with E-state index >= 15 is 0 Å². The Hall–Kier alpha value is -0.0800. The number of nitrogens with zero attached hydrogens (tertiary/aromatic N) is 1. The maximum absolute atomic E-state index is 3.68. The first kappa shape index (κ1) is 14.9. The summed E-state index contributed by atoms with van der Waals surface area (Å²) < 4.78 is 0. The summed E-state index contributed by atoms with van der Waals surface area (Å²) in [4.78, 5) is 2.28. The molecule has 1 N–H and O–H groups in total. The number of hydrogen-bond acceptors (Lipinski definition) is 2. The molecule has 1 unspecified atom stereocenters. The first-order chi connectivity index (χ1) is 7.06. The standard InChI is InChI=1S/C13H30N2/c1-6-7-8-9-14-13(10-12(2)3)11-15(4)5/h12-14H,6-11H2,1-5H3. The molecule has 0 aliphatic rings. The van der Waals surface area contributed by atoms with Crippen molar-refractivity contribution in [3.8, 4) is 0 Å². The van der Waals surface area contributed by atoms with Gasteiger partial charge in [-0.25, -0.2) is 0 Å². The van der Waals surface area contributed by atoms with Gasteiger partial charge in [0, 0.05) is 12.6 Å². The molecule has 0 rings (SSSR count). The van der Waals surface area contributed by atoms with Crippen molar-refractivity contribution in [3.05, 3.63) is 0 Å². The Morgan fingerprint density at radius 3 is 2.27 bits per heavy atom. The van der Waals surface area contributed by atoms with Gasteiger partial charge in [-0.3, -0.25) is 0 Å². The molecule has 2 nitrogen and oxygen atoms in total. The quantitative estimate of drug-likeness (QED) is 0.594. The van der Waals surface area contributed by atoms with Crippen molar-refractivity contribution >= 4 is 0 Å². The lowest BCUT2D eigenvalue weighted by atomic mass is 10.0. The molecule has 2 heteroatoms. The fourth-order valence-corrected chi connectivity index (χ4v) is 1.91. The molecule has 1 atom stereocenters. The molecule has 0 heterocycles. The van der Waals surface area contributed by atoms with E-state index in [1.807, 2.05) is 0 Å². The van der Waals surface area contributed by atoms with Gasteiger partial charge in [0.25, 0.3) is 0 Å². The first-order valence-corrected chi connectivity index (χ1v) is 6.44. The Balaban J connectivity index is 3.69. The monoisotopic (exact) mass is 214 g/mol. The second-order valence-electron chi connectivity index (χ2n) is 5.25.